The molecule has 0 fully saturated rings. The molecule has 7 nitrogen and oxygen atoms in total. The van der Waals surface area contributed by atoms with E-state index >= 15 is 0 Å². The van der Waals surface area contributed by atoms with Gasteiger partial charge in [-0.1, -0.05) is 12.1 Å². The molecule has 0 aliphatic rings. The summed E-state index contributed by atoms with van der Waals surface area (Å²) in [6.07, 6.45) is 1.79. The fraction of sp³-hybridized carbons (Fsp3) is 0.368. The first-order chi connectivity index (χ1) is 12.6. The van der Waals surface area contributed by atoms with Gasteiger partial charge in [0.1, 0.15) is 17.8 Å². The van der Waals surface area contributed by atoms with E-state index < -0.39 is 5.92 Å². The molecule has 0 saturated carbocycles. The van der Waals surface area contributed by atoms with Gasteiger partial charge in [0.25, 0.3) is 5.91 Å². The Morgan fingerprint density at radius 1 is 1.27 bits per heavy atom. The summed E-state index contributed by atoms with van der Waals surface area (Å²) in [7, 11) is 1.33. The monoisotopic (exact) mass is 360 g/mol. The van der Waals surface area contributed by atoms with E-state index in [9.17, 15) is 9.59 Å². The molecule has 0 bridgehead atoms. The molecule has 1 unspecified atom stereocenters. The van der Waals surface area contributed by atoms with Crippen LogP contribution in [0.15, 0.2) is 41.0 Å². The van der Waals surface area contributed by atoms with Crippen LogP contribution < -0.4 is 15.8 Å². The lowest BCUT2D eigenvalue weighted by Gasteiger charge is -2.15. The van der Waals surface area contributed by atoms with E-state index in [1.54, 1.807) is 6.07 Å². The number of furan rings is 1. The lowest BCUT2D eigenvalue weighted by molar-refractivity contribution is -0.145. The maximum Gasteiger partial charge on any atom is 0.310 e. The lowest BCUT2D eigenvalue weighted by Crippen LogP contribution is -2.34. The van der Waals surface area contributed by atoms with Gasteiger partial charge in [0, 0.05) is 6.54 Å². The third-order valence-corrected chi connectivity index (χ3v) is 3.88. The molecule has 0 spiro atoms. The zero-order valence-corrected chi connectivity index (χ0v) is 15.0. The predicted molar refractivity (Wildman–Crippen MR) is 95.8 cm³/mol. The molecule has 0 radical (unpaired) electrons. The van der Waals surface area contributed by atoms with Gasteiger partial charge in [-0.25, -0.2) is 0 Å². The number of hydrogen-bond acceptors (Lipinski definition) is 6. The highest BCUT2D eigenvalue weighted by Crippen LogP contribution is 2.16. The van der Waals surface area contributed by atoms with Gasteiger partial charge in [-0.15, -0.1) is 0 Å². The first-order valence-corrected chi connectivity index (χ1v) is 8.42. The van der Waals surface area contributed by atoms with Crippen molar-refractivity contribution in [3.05, 3.63) is 53.5 Å². The molecule has 2 rings (SSSR count). The average Bonchev–Trinajstić information content (AvgIpc) is 3.15. The van der Waals surface area contributed by atoms with Crippen molar-refractivity contribution in [3.8, 4) is 5.75 Å². The molecule has 140 valence electrons. The van der Waals surface area contributed by atoms with Crippen LogP contribution in [0.3, 0.4) is 0 Å². The van der Waals surface area contributed by atoms with E-state index in [4.69, 9.17) is 19.6 Å². The molecule has 0 aliphatic heterocycles. The van der Waals surface area contributed by atoms with Crippen LogP contribution in [0.5, 0.6) is 5.75 Å². The third kappa shape index (κ3) is 5.35. The number of nitrogens with two attached hydrogens (primary N) is 1. The second kappa shape index (κ2) is 9.62. The van der Waals surface area contributed by atoms with Crippen LogP contribution in [0, 0.1) is 5.92 Å². The smallest absolute Gasteiger partial charge is 0.310 e. The van der Waals surface area contributed by atoms with Crippen LogP contribution in [0.4, 0.5) is 0 Å². The summed E-state index contributed by atoms with van der Waals surface area (Å²) in [5.74, 6) is 0.0924. The standard InChI is InChI=1S/C19H24N2O5/c1-3-25-16-6-4-13(5-7-16)8-14(19(23)24-2)11-21-18(22)15-9-17(10-20)26-12-15/h4-7,9,12,14H,3,8,10-11,20H2,1-2H3,(H,21,22). The Labute approximate surface area is 152 Å². The van der Waals surface area contributed by atoms with Gasteiger partial charge in [-0.05, 0) is 37.1 Å². The number of hydrogen-bond donors (Lipinski definition) is 2. The average molecular weight is 360 g/mol. The number of carbonyl (C=O) groups is 2. The van der Waals surface area contributed by atoms with Crippen LogP contribution in [-0.4, -0.2) is 32.1 Å². The number of amides is 1. The van der Waals surface area contributed by atoms with Crippen LogP contribution in [0.2, 0.25) is 0 Å². The summed E-state index contributed by atoms with van der Waals surface area (Å²) in [5, 5.41) is 2.74. The van der Waals surface area contributed by atoms with E-state index in [0.717, 1.165) is 11.3 Å². The molecule has 1 heterocycles. The molecule has 0 saturated heterocycles. The zero-order valence-electron chi connectivity index (χ0n) is 15.0. The molecule has 2 aromatic rings. The normalized spacial score (nSPS) is 11.7. The first kappa shape index (κ1) is 19.5. The predicted octanol–water partition coefficient (Wildman–Crippen LogP) is 1.90. The largest absolute Gasteiger partial charge is 0.494 e. The van der Waals surface area contributed by atoms with Crippen molar-refractivity contribution >= 4 is 11.9 Å². The van der Waals surface area contributed by atoms with E-state index in [0.29, 0.717) is 24.4 Å². The van der Waals surface area contributed by atoms with Crippen LogP contribution >= 0.6 is 0 Å². The molecular formula is C19H24N2O5. The Balaban J connectivity index is 1.98. The highest BCUT2D eigenvalue weighted by atomic mass is 16.5. The number of nitrogens with one attached hydrogen (secondary N) is 1. The van der Waals surface area contributed by atoms with E-state index in [1.807, 2.05) is 31.2 Å². The van der Waals surface area contributed by atoms with Gasteiger partial charge in [0.15, 0.2) is 0 Å². The number of carbonyl (C=O) groups excluding carboxylic acids is 2. The summed E-state index contributed by atoms with van der Waals surface area (Å²) in [6.45, 7) is 2.88. The van der Waals surface area contributed by atoms with Gasteiger partial charge in [-0.2, -0.15) is 0 Å². The summed E-state index contributed by atoms with van der Waals surface area (Å²) < 4.78 is 15.4. The molecule has 1 aromatic heterocycles. The number of esters is 1. The van der Waals surface area contributed by atoms with E-state index in [2.05, 4.69) is 5.32 Å². The highest BCUT2D eigenvalue weighted by Gasteiger charge is 2.21. The van der Waals surface area contributed by atoms with Crippen molar-refractivity contribution < 1.29 is 23.5 Å². The Morgan fingerprint density at radius 2 is 2.00 bits per heavy atom. The fourth-order valence-electron chi connectivity index (χ4n) is 2.50. The van der Waals surface area contributed by atoms with Crippen molar-refractivity contribution in [1.82, 2.24) is 5.32 Å². The van der Waals surface area contributed by atoms with Crippen LogP contribution in [-0.2, 0) is 22.5 Å². The Morgan fingerprint density at radius 3 is 2.58 bits per heavy atom. The minimum absolute atomic E-state index is 0.155. The van der Waals surface area contributed by atoms with Gasteiger partial charge in [0.2, 0.25) is 0 Å². The van der Waals surface area contributed by atoms with E-state index in [1.165, 1.54) is 13.4 Å². The van der Waals surface area contributed by atoms with E-state index in [-0.39, 0.29) is 25.0 Å². The minimum Gasteiger partial charge on any atom is -0.494 e. The Kier molecular flexibility index (Phi) is 7.23. The quantitative estimate of drug-likeness (QED) is 0.662. The summed E-state index contributed by atoms with van der Waals surface area (Å²) in [4.78, 5) is 24.2. The second-order valence-electron chi connectivity index (χ2n) is 5.72. The SMILES string of the molecule is CCOc1ccc(CC(CNC(=O)c2coc(CN)c2)C(=O)OC)cc1. The van der Waals surface area contributed by atoms with Gasteiger partial charge >= 0.3 is 5.97 Å². The fourth-order valence-corrected chi connectivity index (χ4v) is 2.50. The Hall–Kier alpha value is -2.80. The van der Waals surface area contributed by atoms with Crippen LogP contribution in [0.25, 0.3) is 0 Å². The number of ether oxygens (including phenoxy) is 2. The molecule has 1 amide bonds. The number of rotatable bonds is 9. The van der Waals surface area contributed by atoms with Gasteiger partial charge in [0.05, 0.1) is 31.7 Å². The molecule has 3 N–H and O–H groups in total. The third-order valence-electron chi connectivity index (χ3n) is 3.88. The van der Waals surface area contributed by atoms with Gasteiger partial charge < -0.3 is 24.9 Å². The van der Waals surface area contributed by atoms with Gasteiger partial charge in [-0.3, -0.25) is 9.59 Å². The van der Waals surface area contributed by atoms with Crippen LogP contribution in [0.1, 0.15) is 28.6 Å². The lowest BCUT2D eigenvalue weighted by atomic mass is 9.99. The molecule has 1 atom stereocenters. The summed E-state index contributed by atoms with van der Waals surface area (Å²) in [6, 6.07) is 9.07. The number of benzene rings is 1. The highest BCUT2D eigenvalue weighted by molar-refractivity contribution is 5.94. The molecule has 7 heteroatoms. The maximum atomic E-state index is 12.2. The summed E-state index contributed by atoms with van der Waals surface area (Å²) >= 11 is 0. The van der Waals surface area contributed by atoms with Crippen molar-refractivity contribution in [1.29, 1.82) is 0 Å². The maximum absolute atomic E-state index is 12.2. The molecule has 26 heavy (non-hydrogen) atoms. The second-order valence-corrected chi connectivity index (χ2v) is 5.72. The van der Waals surface area contributed by atoms with Crippen molar-refractivity contribution in [2.45, 2.75) is 19.9 Å². The zero-order chi connectivity index (χ0) is 18.9. The molecule has 0 aliphatic carbocycles. The minimum atomic E-state index is -0.497. The Bertz CT molecular complexity index is 724. The van der Waals surface area contributed by atoms with Crippen molar-refractivity contribution in [2.24, 2.45) is 11.7 Å². The summed E-state index contributed by atoms with van der Waals surface area (Å²) in [5.41, 5.74) is 6.78. The molecule has 1 aromatic carbocycles. The topological polar surface area (TPSA) is 104 Å². The molecular weight excluding hydrogens is 336 g/mol. The number of methoxy groups -OCH3 is 1. The van der Waals surface area contributed by atoms with Crippen molar-refractivity contribution in [3.63, 3.8) is 0 Å². The van der Waals surface area contributed by atoms with Crippen molar-refractivity contribution in [2.75, 3.05) is 20.3 Å². The first-order valence-electron chi connectivity index (χ1n) is 8.42.